The SMILES string of the molecule is COc1cc2ncn(CCC(=O)Nc3cccc(NC(C)=O)c3)c(=O)c2cc1OC. The molecular formula is C21H22N4O5. The summed E-state index contributed by atoms with van der Waals surface area (Å²) in [5.41, 5.74) is 1.33. The number of fused-ring (bicyclic) bond motifs is 1. The zero-order chi connectivity index (χ0) is 21.7. The number of amides is 2. The Balaban J connectivity index is 1.72. The summed E-state index contributed by atoms with van der Waals surface area (Å²) in [5.74, 6) is 0.444. The molecule has 0 saturated heterocycles. The van der Waals surface area contributed by atoms with Crippen LogP contribution in [0.2, 0.25) is 0 Å². The number of carbonyl (C=O) groups excluding carboxylic acids is 2. The van der Waals surface area contributed by atoms with Gasteiger partial charge in [-0.05, 0) is 24.3 Å². The lowest BCUT2D eigenvalue weighted by Gasteiger charge is -2.11. The molecule has 0 unspecified atom stereocenters. The smallest absolute Gasteiger partial charge is 0.261 e. The van der Waals surface area contributed by atoms with Gasteiger partial charge in [0.15, 0.2) is 11.5 Å². The van der Waals surface area contributed by atoms with Gasteiger partial charge in [-0.2, -0.15) is 0 Å². The van der Waals surface area contributed by atoms with E-state index in [2.05, 4.69) is 15.6 Å². The Labute approximate surface area is 172 Å². The highest BCUT2D eigenvalue weighted by atomic mass is 16.5. The van der Waals surface area contributed by atoms with Crippen LogP contribution < -0.4 is 25.7 Å². The number of hydrogen-bond acceptors (Lipinski definition) is 6. The van der Waals surface area contributed by atoms with Gasteiger partial charge in [-0.15, -0.1) is 0 Å². The molecule has 0 fully saturated rings. The number of carbonyl (C=O) groups is 2. The van der Waals surface area contributed by atoms with Crippen molar-refractivity contribution in [3.05, 3.63) is 53.1 Å². The lowest BCUT2D eigenvalue weighted by atomic mass is 10.2. The first kappa shape index (κ1) is 20.8. The third-order valence-corrected chi connectivity index (χ3v) is 4.38. The standard InChI is InChI=1S/C21H22N4O5/c1-13(26)23-14-5-4-6-15(9-14)24-20(27)7-8-25-12-22-17-11-19(30-3)18(29-2)10-16(17)21(25)28/h4-6,9-12H,7-8H2,1-3H3,(H,23,26)(H,24,27). The number of benzene rings is 2. The number of aryl methyl sites for hydroxylation is 1. The summed E-state index contributed by atoms with van der Waals surface area (Å²) in [7, 11) is 3.00. The van der Waals surface area contributed by atoms with Crippen molar-refractivity contribution in [2.24, 2.45) is 0 Å². The van der Waals surface area contributed by atoms with E-state index < -0.39 is 0 Å². The Morgan fingerprint density at radius 3 is 2.37 bits per heavy atom. The summed E-state index contributed by atoms with van der Waals surface area (Å²) in [6, 6.07) is 10.0. The Hall–Kier alpha value is -3.88. The zero-order valence-electron chi connectivity index (χ0n) is 16.9. The Morgan fingerprint density at radius 1 is 1.03 bits per heavy atom. The first-order valence-electron chi connectivity index (χ1n) is 9.20. The maximum absolute atomic E-state index is 12.8. The van der Waals surface area contributed by atoms with Crippen LogP contribution >= 0.6 is 0 Å². The van der Waals surface area contributed by atoms with Crippen molar-refractivity contribution in [1.29, 1.82) is 0 Å². The molecular weight excluding hydrogens is 388 g/mol. The van der Waals surface area contributed by atoms with Gasteiger partial charge in [0.05, 0.1) is 31.4 Å². The van der Waals surface area contributed by atoms with E-state index in [1.807, 2.05) is 0 Å². The summed E-state index contributed by atoms with van der Waals surface area (Å²) in [6.45, 7) is 1.57. The van der Waals surface area contributed by atoms with Crippen LogP contribution in [0.1, 0.15) is 13.3 Å². The number of hydrogen-bond donors (Lipinski definition) is 2. The average Bonchev–Trinajstić information content (AvgIpc) is 2.72. The van der Waals surface area contributed by atoms with Crippen LogP contribution in [-0.4, -0.2) is 35.6 Å². The number of nitrogens with zero attached hydrogens (tertiary/aromatic N) is 2. The molecule has 9 nitrogen and oxygen atoms in total. The Morgan fingerprint density at radius 2 is 1.70 bits per heavy atom. The van der Waals surface area contributed by atoms with Crippen molar-refractivity contribution in [1.82, 2.24) is 9.55 Å². The summed E-state index contributed by atoms with van der Waals surface area (Å²) in [4.78, 5) is 40.5. The molecule has 1 aromatic heterocycles. The highest BCUT2D eigenvalue weighted by Crippen LogP contribution is 2.29. The fourth-order valence-corrected chi connectivity index (χ4v) is 2.97. The van der Waals surface area contributed by atoms with Gasteiger partial charge in [0.2, 0.25) is 11.8 Å². The first-order valence-corrected chi connectivity index (χ1v) is 9.20. The van der Waals surface area contributed by atoms with E-state index >= 15 is 0 Å². The molecule has 0 bridgehead atoms. The van der Waals surface area contributed by atoms with Crippen LogP contribution in [0.3, 0.4) is 0 Å². The predicted molar refractivity (Wildman–Crippen MR) is 113 cm³/mol. The molecule has 0 spiro atoms. The summed E-state index contributed by atoms with van der Waals surface area (Å²) >= 11 is 0. The molecule has 0 aliphatic carbocycles. The zero-order valence-corrected chi connectivity index (χ0v) is 16.9. The Kier molecular flexibility index (Phi) is 6.31. The quantitative estimate of drug-likeness (QED) is 0.619. The highest BCUT2D eigenvalue weighted by molar-refractivity contribution is 5.93. The largest absolute Gasteiger partial charge is 0.493 e. The van der Waals surface area contributed by atoms with Gasteiger partial charge in [-0.1, -0.05) is 6.07 Å². The van der Waals surface area contributed by atoms with E-state index in [9.17, 15) is 14.4 Å². The second kappa shape index (κ2) is 9.08. The minimum atomic E-state index is -0.276. The molecule has 0 aliphatic heterocycles. The molecule has 1 heterocycles. The molecule has 0 saturated carbocycles. The van der Waals surface area contributed by atoms with Crippen LogP contribution in [-0.2, 0) is 16.1 Å². The summed E-state index contributed by atoms with van der Waals surface area (Å²) < 4.78 is 11.9. The van der Waals surface area contributed by atoms with Crippen LogP contribution in [0.15, 0.2) is 47.5 Å². The fraction of sp³-hybridized carbons (Fsp3) is 0.238. The number of anilines is 2. The number of methoxy groups -OCH3 is 2. The molecule has 9 heteroatoms. The molecule has 0 aliphatic rings. The van der Waals surface area contributed by atoms with Gasteiger partial charge in [-0.25, -0.2) is 4.98 Å². The topological polar surface area (TPSA) is 112 Å². The molecule has 156 valence electrons. The Bertz CT molecular complexity index is 1160. The fourth-order valence-electron chi connectivity index (χ4n) is 2.97. The minimum absolute atomic E-state index is 0.0742. The van der Waals surface area contributed by atoms with Gasteiger partial charge in [0.25, 0.3) is 5.56 Å². The molecule has 2 N–H and O–H groups in total. The maximum Gasteiger partial charge on any atom is 0.261 e. The number of rotatable bonds is 7. The van der Waals surface area contributed by atoms with Gasteiger partial charge >= 0.3 is 0 Å². The van der Waals surface area contributed by atoms with E-state index in [0.717, 1.165) is 0 Å². The van der Waals surface area contributed by atoms with E-state index in [0.29, 0.717) is 33.8 Å². The van der Waals surface area contributed by atoms with E-state index in [1.165, 1.54) is 32.0 Å². The van der Waals surface area contributed by atoms with Crippen molar-refractivity contribution in [3.8, 4) is 11.5 Å². The van der Waals surface area contributed by atoms with Crippen molar-refractivity contribution in [2.75, 3.05) is 24.9 Å². The third-order valence-electron chi connectivity index (χ3n) is 4.38. The van der Waals surface area contributed by atoms with Crippen LogP contribution in [0.25, 0.3) is 10.9 Å². The monoisotopic (exact) mass is 410 g/mol. The van der Waals surface area contributed by atoms with Gasteiger partial charge in [0.1, 0.15) is 0 Å². The van der Waals surface area contributed by atoms with Crippen molar-refractivity contribution in [3.63, 3.8) is 0 Å². The van der Waals surface area contributed by atoms with Crippen LogP contribution in [0, 0.1) is 0 Å². The van der Waals surface area contributed by atoms with Gasteiger partial charge < -0.3 is 20.1 Å². The third kappa shape index (κ3) is 4.75. The van der Waals surface area contributed by atoms with Crippen LogP contribution in [0.4, 0.5) is 11.4 Å². The molecule has 2 aromatic carbocycles. The predicted octanol–water partition coefficient (Wildman–Crippen LogP) is 2.40. The lowest BCUT2D eigenvalue weighted by Crippen LogP contribution is -2.23. The molecule has 3 aromatic rings. The number of ether oxygens (including phenoxy) is 2. The number of aromatic nitrogens is 2. The van der Waals surface area contributed by atoms with E-state index in [-0.39, 0.29) is 30.3 Å². The summed E-state index contributed by atoms with van der Waals surface area (Å²) in [6.07, 6.45) is 1.48. The molecule has 0 radical (unpaired) electrons. The lowest BCUT2D eigenvalue weighted by molar-refractivity contribution is -0.116. The first-order chi connectivity index (χ1) is 14.4. The van der Waals surface area contributed by atoms with Crippen LogP contribution in [0.5, 0.6) is 11.5 Å². The summed E-state index contributed by atoms with van der Waals surface area (Å²) in [5, 5.41) is 5.78. The van der Waals surface area contributed by atoms with Crippen molar-refractivity contribution >= 4 is 34.1 Å². The van der Waals surface area contributed by atoms with Crippen molar-refractivity contribution in [2.45, 2.75) is 19.9 Å². The van der Waals surface area contributed by atoms with E-state index in [1.54, 1.807) is 36.4 Å². The molecule has 2 amide bonds. The van der Waals surface area contributed by atoms with E-state index in [4.69, 9.17) is 9.47 Å². The normalized spacial score (nSPS) is 10.5. The second-order valence-electron chi connectivity index (χ2n) is 6.53. The maximum atomic E-state index is 12.8. The average molecular weight is 410 g/mol. The minimum Gasteiger partial charge on any atom is -0.493 e. The molecule has 3 rings (SSSR count). The second-order valence-corrected chi connectivity index (χ2v) is 6.53. The van der Waals surface area contributed by atoms with Gasteiger partial charge in [0, 0.05) is 37.3 Å². The van der Waals surface area contributed by atoms with Crippen molar-refractivity contribution < 1.29 is 19.1 Å². The molecule has 30 heavy (non-hydrogen) atoms. The molecule has 0 atom stereocenters. The highest BCUT2D eigenvalue weighted by Gasteiger charge is 2.12. The van der Waals surface area contributed by atoms with Gasteiger partial charge in [-0.3, -0.25) is 19.0 Å². The number of nitrogens with one attached hydrogen (secondary N) is 2.